The first-order valence-corrected chi connectivity index (χ1v) is 12.1. The van der Waals surface area contributed by atoms with Crippen molar-refractivity contribution in [3.8, 4) is 0 Å². The number of nitrogens with two attached hydrogens (primary N) is 1. The molecule has 168 valence electrons. The third kappa shape index (κ3) is 4.14. The Morgan fingerprint density at radius 3 is 2.47 bits per heavy atom. The standard InChI is InChI=1S/C27H34N4O/c1-19-17-21-11-12-22(18-24(21)29-27(19)32)26(20-7-3-2-4-8-20)31-15-13-30(14-16-31)25-10-6-5-9-23(25)28/h5-6,9-12,17-18,20,26H,2-4,7-8,13-16,28H2,1H3,(H,29,32). The Morgan fingerprint density at radius 1 is 0.969 bits per heavy atom. The van der Waals surface area contributed by atoms with E-state index < -0.39 is 0 Å². The minimum atomic E-state index is 0.0120. The molecule has 5 rings (SSSR count). The van der Waals surface area contributed by atoms with E-state index in [1.807, 2.05) is 25.1 Å². The molecule has 5 heteroatoms. The lowest BCUT2D eigenvalue weighted by Crippen LogP contribution is -2.49. The van der Waals surface area contributed by atoms with E-state index in [0.717, 1.165) is 54.0 Å². The minimum Gasteiger partial charge on any atom is -0.397 e. The minimum absolute atomic E-state index is 0.0120. The normalized spacial score (nSPS) is 19.3. The Kier molecular flexibility index (Phi) is 5.92. The first-order chi connectivity index (χ1) is 15.6. The number of para-hydroxylation sites is 2. The van der Waals surface area contributed by atoms with Crippen LogP contribution in [-0.4, -0.2) is 36.1 Å². The van der Waals surface area contributed by atoms with Crippen molar-refractivity contribution in [2.45, 2.75) is 45.1 Å². The molecule has 2 heterocycles. The summed E-state index contributed by atoms with van der Waals surface area (Å²) in [6, 6.07) is 17.3. The summed E-state index contributed by atoms with van der Waals surface area (Å²) in [7, 11) is 0. The number of aromatic amines is 1. The van der Waals surface area contributed by atoms with E-state index in [4.69, 9.17) is 5.73 Å². The second kappa shape index (κ2) is 8.99. The Balaban J connectivity index is 1.43. The number of rotatable bonds is 4. The van der Waals surface area contributed by atoms with Crippen molar-refractivity contribution in [2.24, 2.45) is 5.92 Å². The fraction of sp³-hybridized carbons (Fsp3) is 0.444. The highest BCUT2D eigenvalue weighted by Crippen LogP contribution is 2.40. The molecule has 0 amide bonds. The number of anilines is 2. The van der Waals surface area contributed by atoms with Crippen LogP contribution >= 0.6 is 0 Å². The Labute approximate surface area is 190 Å². The summed E-state index contributed by atoms with van der Waals surface area (Å²) in [5.41, 5.74) is 11.3. The van der Waals surface area contributed by atoms with Gasteiger partial charge in [-0.15, -0.1) is 0 Å². The van der Waals surface area contributed by atoms with Crippen molar-refractivity contribution >= 4 is 22.3 Å². The number of hydrogen-bond acceptors (Lipinski definition) is 4. The number of piperazine rings is 1. The van der Waals surface area contributed by atoms with Crippen LogP contribution in [0.1, 0.15) is 49.3 Å². The lowest BCUT2D eigenvalue weighted by molar-refractivity contribution is 0.110. The van der Waals surface area contributed by atoms with Crippen LogP contribution in [0.15, 0.2) is 53.3 Å². The Morgan fingerprint density at radius 2 is 1.72 bits per heavy atom. The fourth-order valence-electron chi connectivity index (χ4n) is 5.76. The number of aromatic nitrogens is 1. The molecule has 0 spiro atoms. The molecule has 1 aliphatic carbocycles. The van der Waals surface area contributed by atoms with Gasteiger partial charge in [0.2, 0.25) is 0 Å². The van der Waals surface area contributed by atoms with E-state index >= 15 is 0 Å². The molecule has 1 aliphatic heterocycles. The van der Waals surface area contributed by atoms with Gasteiger partial charge in [-0.1, -0.05) is 43.5 Å². The molecule has 2 aliphatic rings. The first kappa shape index (κ1) is 21.1. The average molecular weight is 431 g/mol. The van der Waals surface area contributed by atoms with Gasteiger partial charge in [-0.3, -0.25) is 9.69 Å². The summed E-state index contributed by atoms with van der Waals surface area (Å²) >= 11 is 0. The van der Waals surface area contributed by atoms with Crippen LogP contribution in [0.3, 0.4) is 0 Å². The number of hydrogen-bond donors (Lipinski definition) is 2. The van der Waals surface area contributed by atoms with E-state index in [1.54, 1.807) is 0 Å². The summed E-state index contributed by atoms with van der Waals surface area (Å²) < 4.78 is 0. The van der Waals surface area contributed by atoms with Crippen molar-refractivity contribution in [3.05, 3.63) is 70.0 Å². The van der Waals surface area contributed by atoms with Gasteiger partial charge in [0.25, 0.3) is 5.56 Å². The highest BCUT2D eigenvalue weighted by atomic mass is 16.1. The molecule has 1 aromatic heterocycles. The molecule has 1 atom stereocenters. The van der Waals surface area contributed by atoms with Crippen LogP contribution in [0.2, 0.25) is 0 Å². The van der Waals surface area contributed by atoms with Crippen LogP contribution in [0.5, 0.6) is 0 Å². The highest BCUT2D eigenvalue weighted by Gasteiger charge is 2.32. The first-order valence-electron chi connectivity index (χ1n) is 12.1. The number of pyridine rings is 1. The van der Waals surface area contributed by atoms with Crippen LogP contribution in [0.25, 0.3) is 10.9 Å². The maximum atomic E-state index is 12.2. The number of aryl methyl sites for hydroxylation is 1. The molecule has 32 heavy (non-hydrogen) atoms. The Hall–Kier alpha value is -2.79. The molecule has 1 saturated heterocycles. The average Bonchev–Trinajstić information content (AvgIpc) is 2.82. The molecule has 2 aromatic carbocycles. The van der Waals surface area contributed by atoms with Crippen molar-refractivity contribution < 1.29 is 0 Å². The second-order valence-electron chi connectivity index (χ2n) is 9.55. The van der Waals surface area contributed by atoms with Crippen LogP contribution in [0.4, 0.5) is 11.4 Å². The number of nitrogens with one attached hydrogen (secondary N) is 1. The lowest BCUT2D eigenvalue weighted by atomic mass is 9.80. The maximum Gasteiger partial charge on any atom is 0.251 e. The highest BCUT2D eigenvalue weighted by molar-refractivity contribution is 5.79. The number of fused-ring (bicyclic) bond motifs is 1. The third-order valence-corrected chi connectivity index (χ3v) is 7.48. The predicted octanol–water partition coefficient (Wildman–Crippen LogP) is 4.86. The largest absolute Gasteiger partial charge is 0.397 e. The van der Waals surface area contributed by atoms with Crippen molar-refractivity contribution in [1.82, 2.24) is 9.88 Å². The topological polar surface area (TPSA) is 65.4 Å². The molecule has 1 saturated carbocycles. The molecule has 3 aromatic rings. The molecule has 2 fully saturated rings. The zero-order valence-electron chi connectivity index (χ0n) is 19.0. The predicted molar refractivity (Wildman–Crippen MR) is 133 cm³/mol. The fourth-order valence-corrected chi connectivity index (χ4v) is 5.76. The maximum absolute atomic E-state index is 12.2. The van der Waals surface area contributed by atoms with Crippen LogP contribution in [0, 0.1) is 12.8 Å². The molecule has 5 nitrogen and oxygen atoms in total. The summed E-state index contributed by atoms with van der Waals surface area (Å²) in [5.74, 6) is 0.673. The molecular weight excluding hydrogens is 396 g/mol. The molecule has 3 N–H and O–H groups in total. The van der Waals surface area contributed by atoms with Gasteiger partial charge in [0.15, 0.2) is 0 Å². The van der Waals surface area contributed by atoms with Gasteiger partial charge in [0.05, 0.1) is 11.4 Å². The summed E-state index contributed by atoms with van der Waals surface area (Å²) in [6.07, 6.45) is 6.59. The van der Waals surface area contributed by atoms with Crippen molar-refractivity contribution in [1.29, 1.82) is 0 Å². The van der Waals surface area contributed by atoms with E-state index in [1.165, 1.54) is 37.7 Å². The number of nitrogens with zero attached hydrogens (tertiary/aromatic N) is 2. The Bertz CT molecular complexity index is 1140. The van der Waals surface area contributed by atoms with Gasteiger partial charge in [-0.25, -0.2) is 0 Å². The third-order valence-electron chi connectivity index (χ3n) is 7.48. The van der Waals surface area contributed by atoms with Gasteiger partial charge >= 0.3 is 0 Å². The molecule has 0 radical (unpaired) electrons. The zero-order chi connectivity index (χ0) is 22.1. The quantitative estimate of drug-likeness (QED) is 0.580. The van der Waals surface area contributed by atoms with Gasteiger partial charge in [0.1, 0.15) is 0 Å². The number of benzene rings is 2. The lowest BCUT2D eigenvalue weighted by Gasteiger charge is -2.44. The molecular formula is C27H34N4O. The summed E-state index contributed by atoms with van der Waals surface area (Å²) in [4.78, 5) is 20.4. The van der Waals surface area contributed by atoms with Crippen molar-refractivity contribution in [2.75, 3.05) is 36.8 Å². The van der Waals surface area contributed by atoms with E-state index in [0.29, 0.717) is 12.0 Å². The van der Waals surface area contributed by atoms with E-state index in [9.17, 15) is 4.79 Å². The van der Waals surface area contributed by atoms with Crippen molar-refractivity contribution in [3.63, 3.8) is 0 Å². The zero-order valence-corrected chi connectivity index (χ0v) is 19.0. The molecule has 1 unspecified atom stereocenters. The van der Waals surface area contributed by atoms with Crippen LogP contribution in [-0.2, 0) is 0 Å². The summed E-state index contributed by atoms with van der Waals surface area (Å²) in [6.45, 7) is 5.90. The van der Waals surface area contributed by atoms with E-state index in [2.05, 4.69) is 45.1 Å². The summed E-state index contributed by atoms with van der Waals surface area (Å²) in [5, 5.41) is 1.11. The van der Waals surface area contributed by atoms with Gasteiger partial charge in [-0.05, 0) is 60.9 Å². The van der Waals surface area contributed by atoms with Gasteiger partial charge in [-0.2, -0.15) is 0 Å². The smallest absolute Gasteiger partial charge is 0.251 e. The number of nitrogen functional groups attached to an aromatic ring is 1. The van der Waals surface area contributed by atoms with E-state index in [-0.39, 0.29) is 5.56 Å². The monoisotopic (exact) mass is 430 g/mol. The van der Waals surface area contributed by atoms with Crippen LogP contribution < -0.4 is 16.2 Å². The SMILES string of the molecule is Cc1cc2ccc(C(C3CCCCC3)N3CCN(c4ccccc4N)CC3)cc2[nH]c1=O. The van der Waals surface area contributed by atoms with Gasteiger partial charge in [0, 0.05) is 43.3 Å². The number of H-pyrrole nitrogens is 1. The molecule has 0 bridgehead atoms. The van der Waals surface area contributed by atoms with Gasteiger partial charge < -0.3 is 15.6 Å². The second-order valence-corrected chi connectivity index (χ2v) is 9.55.